The summed E-state index contributed by atoms with van der Waals surface area (Å²) >= 11 is 0. The van der Waals surface area contributed by atoms with Crippen LogP contribution in [0, 0.1) is 40.6 Å². The second-order valence-corrected chi connectivity index (χ2v) is 31.0. The molecule has 2 bridgehead atoms. The maximum atomic E-state index is 10.1. The Labute approximate surface area is 345 Å². The normalized spacial score (nSPS) is 40.6. The van der Waals surface area contributed by atoms with E-state index in [1.807, 2.05) is 6.08 Å². The topological polar surface area (TPSA) is 40.6 Å². The van der Waals surface area contributed by atoms with Gasteiger partial charge in [0.25, 0.3) is 5.70 Å². The molecule has 1 aromatic carbocycles. The number of ether oxygens (including phenoxy) is 1. The highest BCUT2D eigenvalue weighted by molar-refractivity contribution is 6.83. The average molecular weight is 792 g/mol. The van der Waals surface area contributed by atoms with Gasteiger partial charge in [0, 0.05) is 24.2 Å². The third kappa shape index (κ3) is 5.96. The summed E-state index contributed by atoms with van der Waals surface area (Å²) in [7, 11) is -2.77. The van der Waals surface area contributed by atoms with Crippen molar-refractivity contribution in [3.63, 3.8) is 0 Å². The van der Waals surface area contributed by atoms with Crippen molar-refractivity contribution in [3.8, 4) is 6.07 Å². The molecule has 1 aromatic rings. The lowest BCUT2D eigenvalue weighted by Crippen LogP contribution is -2.51. The molecule has 57 heavy (non-hydrogen) atoms. The summed E-state index contributed by atoms with van der Waals surface area (Å²) in [5, 5.41) is 10.1. The van der Waals surface area contributed by atoms with Gasteiger partial charge in [-0.1, -0.05) is 81.5 Å². The van der Waals surface area contributed by atoms with Crippen LogP contribution in [-0.2, 0) is 15.6 Å². The third-order valence-corrected chi connectivity index (χ3v) is 28.7. The van der Waals surface area contributed by atoms with Crippen molar-refractivity contribution >= 4 is 27.9 Å². The lowest BCUT2D eigenvalue weighted by molar-refractivity contribution is -0.0195. The Balaban J connectivity index is 1.02. The number of nitriles is 1. The average Bonchev–Trinajstić information content (AvgIpc) is 3.92. The summed E-state index contributed by atoms with van der Waals surface area (Å²) in [4.78, 5) is 6.62. The molecule has 7 aliphatic heterocycles. The number of rotatable bonds is 7. The summed E-state index contributed by atoms with van der Waals surface area (Å²) in [5.74, 6) is 3.27. The first-order valence-electron chi connectivity index (χ1n) is 22.9. The minimum absolute atomic E-state index is 0.00585. The minimum Gasteiger partial charge on any atom is -0.461 e. The molecule has 5 fully saturated rings. The van der Waals surface area contributed by atoms with Crippen LogP contribution >= 0.6 is 0 Å². The van der Waals surface area contributed by atoms with Gasteiger partial charge in [0.15, 0.2) is 0 Å². The molecule has 6 heteroatoms. The summed E-state index contributed by atoms with van der Waals surface area (Å²) in [6.07, 6.45) is 26.4. The SMILES string of the molecule is [C-]#[N+]C(C#N)=C1C=C(C=Cc2cc3c4c(c2)C2(C)C[Si]5(CC=C(C)C5)CC2CN4CC2C[Si]4(CC=C(C)C4)CC32C)OC(C23CCC(CCCCC)(CC2)CC3)=C1. The quantitative estimate of drug-likeness (QED) is 0.0908. The van der Waals surface area contributed by atoms with Crippen LogP contribution in [0.25, 0.3) is 10.9 Å². The lowest BCUT2D eigenvalue weighted by Gasteiger charge is -2.54. The standard InChI is InChI=1S/C51H65N3OSi2/c1-7-8-9-14-50-15-18-51(19-16-50,20-17-50)46-26-39(45(27-52)53-6)25-42(55-46)11-10-38-23-43-47-44(24-38)49(5)35-57(22-13-37(3)31-57)33-41(49)29-54(47)28-40-32-56(34-48(40,43)4)21-12-36(2)30-56/h10-13,23-26,40-41H,7-9,14-22,28-35H2,1-5H3. The van der Waals surface area contributed by atoms with Gasteiger partial charge in [0.05, 0.1) is 28.8 Å². The molecule has 0 amide bonds. The van der Waals surface area contributed by atoms with E-state index in [1.54, 1.807) is 28.0 Å². The van der Waals surface area contributed by atoms with Gasteiger partial charge in [-0.25, -0.2) is 10.1 Å². The Hall–Kier alpha value is -3.33. The van der Waals surface area contributed by atoms with Crippen molar-refractivity contribution in [2.75, 3.05) is 18.0 Å². The molecule has 6 atom stereocenters. The molecule has 2 saturated heterocycles. The number of nitrogens with zero attached hydrogens (tertiary/aromatic N) is 3. The van der Waals surface area contributed by atoms with E-state index in [-0.39, 0.29) is 21.9 Å². The van der Waals surface area contributed by atoms with Gasteiger partial charge in [0.1, 0.15) is 11.5 Å². The van der Waals surface area contributed by atoms with Gasteiger partial charge in [-0.3, -0.25) is 0 Å². The van der Waals surface area contributed by atoms with Gasteiger partial charge >= 0.3 is 0 Å². The molecule has 0 N–H and O–H groups in total. The molecule has 298 valence electrons. The smallest absolute Gasteiger partial charge is 0.269 e. The summed E-state index contributed by atoms with van der Waals surface area (Å²) in [6, 6.07) is 18.9. The van der Waals surface area contributed by atoms with E-state index in [1.165, 1.54) is 112 Å². The first-order valence-corrected chi connectivity index (χ1v) is 28.6. The maximum Gasteiger partial charge on any atom is 0.269 e. The van der Waals surface area contributed by atoms with Crippen LogP contribution in [0.3, 0.4) is 0 Å². The number of benzene rings is 1. The van der Waals surface area contributed by atoms with Gasteiger partial charge < -0.3 is 9.64 Å². The van der Waals surface area contributed by atoms with Crippen LogP contribution < -0.4 is 4.90 Å². The molecule has 3 aliphatic carbocycles. The van der Waals surface area contributed by atoms with Gasteiger partial charge in [-0.15, -0.1) is 0 Å². The monoisotopic (exact) mass is 791 g/mol. The Morgan fingerprint density at radius 3 is 2.00 bits per heavy atom. The predicted molar refractivity (Wildman–Crippen MR) is 240 cm³/mol. The van der Waals surface area contributed by atoms with Crippen molar-refractivity contribution in [2.45, 2.75) is 158 Å². The molecule has 11 rings (SSSR count). The zero-order chi connectivity index (χ0) is 39.4. The maximum absolute atomic E-state index is 10.1. The third-order valence-electron chi connectivity index (χ3n) is 18.3. The zero-order valence-electron chi connectivity index (χ0n) is 35.7. The molecule has 0 aromatic heterocycles. The first-order chi connectivity index (χ1) is 27.4. The minimum atomic E-state index is -1.38. The van der Waals surface area contributed by atoms with E-state index >= 15 is 0 Å². The Bertz CT molecular complexity index is 2070. The molecule has 10 aliphatic rings. The van der Waals surface area contributed by atoms with Crippen molar-refractivity contribution in [1.82, 2.24) is 0 Å². The molecule has 0 radical (unpaired) electrons. The van der Waals surface area contributed by atoms with E-state index in [0.29, 0.717) is 5.41 Å². The fourth-order valence-corrected chi connectivity index (χ4v) is 28.6. The van der Waals surface area contributed by atoms with Crippen LogP contribution in [0.4, 0.5) is 5.69 Å². The molecule has 2 spiro atoms. The summed E-state index contributed by atoms with van der Waals surface area (Å²) in [5.41, 5.74) is 11.4. The Morgan fingerprint density at radius 1 is 0.895 bits per heavy atom. The van der Waals surface area contributed by atoms with Crippen LogP contribution in [0.5, 0.6) is 0 Å². The number of unbranched alkanes of at least 4 members (excludes halogenated alkanes) is 2. The van der Waals surface area contributed by atoms with E-state index in [0.717, 1.165) is 48.2 Å². The molecular formula is C51H65N3OSi2. The van der Waals surface area contributed by atoms with E-state index in [4.69, 9.17) is 11.3 Å². The number of anilines is 1. The molecule has 7 heterocycles. The zero-order valence-corrected chi connectivity index (χ0v) is 37.7. The van der Waals surface area contributed by atoms with Crippen LogP contribution in [0.2, 0.25) is 48.4 Å². The molecule has 4 nitrogen and oxygen atoms in total. The highest BCUT2D eigenvalue weighted by atomic mass is 28.3. The van der Waals surface area contributed by atoms with Gasteiger partial charge in [0.2, 0.25) is 0 Å². The largest absolute Gasteiger partial charge is 0.461 e. The summed E-state index contributed by atoms with van der Waals surface area (Å²) in [6.45, 7) is 22.9. The Morgan fingerprint density at radius 2 is 1.49 bits per heavy atom. The predicted octanol–water partition coefficient (Wildman–Crippen LogP) is 13.5. The van der Waals surface area contributed by atoms with Crippen molar-refractivity contribution in [1.29, 1.82) is 5.26 Å². The molecule has 6 unspecified atom stereocenters. The second-order valence-electron chi connectivity index (χ2n) is 22.0. The highest BCUT2D eigenvalue weighted by Crippen LogP contribution is 2.66. The van der Waals surface area contributed by atoms with Crippen LogP contribution in [0.15, 0.2) is 76.4 Å². The molecular weight excluding hydrogens is 727 g/mol. The molecule has 3 saturated carbocycles. The van der Waals surface area contributed by atoms with Crippen molar-refractivity contribution < 1.29 is 4.74 Å². The number of allylic oxidation sites excluding steroid dienone is 10. The van der Waals surface area contributed by atoms with E-state index in [2.05, 4.69) is 92.9 Å². The summed E-state index contributed by atoms with van der Waals surface area (Å²) < 4.78 is 6.97. The van der Waals surface area contributed by atoms with Crippen molar-refractivity contribution in [2.24, 2.45) is 22.7 Å². The number of hydrogen-bond acceptors (Lipinski definition) is 3. The van der Waals surface area contributed by atoms with E-state index < -0.39 is 16.1 Å². The Kier molecular flexibility index (Phi) is 8.87. The number of hydrogen-bond donors (Lipinski definition) is 0. The lowest BCUT2D eigenvalue weighted by atomic mass is 9.52. The number of fused-ring (bicyclic) bond motifs is 7. The van der Waals surface area contributed by atoms with Gasteiger partial charge in [-0.2, -0.15) is 0 Å². The van der Waals surface area contributed by atoms with Crippen LogP contribution in [-0.4, -0.2) is 29.2 Å². The first kappa shape index (κ1) is 37.9. The van der Waals surface area contributed by atoms with Crippen LogP contribution in [0.1, 0.15) is 116 Å². The van der Waals surface area contributed by atoms with Gasteiger partial charge in [-0.05, 0) is 176 Å². The second kappa shape index (κ2) is 13.3. The van der Waals surface area contributed by atoms with Crippen molar-refractivity contribution in [3.05, 3.63) is 105 Å². The van der Waals surface area contributed by atoms with E-state index in [9.17, 15) is 5.26 Å². The highest BCUT2D eigenvalue weighted by Gasteiger charge is 2.62. The fraction of sp³-hybridized carbons (Fsp3) is 0.608. The fourth-order valence-electron chi connectivity index (χ4n) is 15.3.